The van der Waals surface area contributed by atoms with E-state index in [4.69, 9.17) is 4.74 Å². The first kappa shape index (κ1) is 12.6. The zero-order valence-electron chi connectivity index (χ0n) is 10.6. The van der Waals surface area contributed by atoms with Crippen LogP contribution in [-0.4, -0.2) is 17.2 Å². The van der Waals surface area contributed by atoms with Crippen molar-refractivity contribution in [2.75, 3.05) is 7.11 Å². The highest BCUT2D eigenvalue weighted by Crippen LogP contribution is 2.24. The lowest BCUT2D eigenvalue weighted by Crippen LogP contribution is -2.01. The van der Waals surface area contributed by atoms with Gasteiger partial charge in [0.05, 0.1) is 13.3 Å². The molecule has 0 amide bonds. The number of rotatable bonds is 4. The van der Waals surface area contributed by atoms with E-state index in [-0.39, 0.29) is 0 Å². The molecule has 1 aromatic carbocycles. The van der Waals surface area contributed by atoms with Gasteiger partial charge in [-0.05, 0) is 23.6 Å². The molecule has 0 spiro atoms. The Morgan fingerprint density at radius 3 is 2.50 bits per heavy atom. The van der Waals surface area contributed by atoms with E-state index in [2.05, 4.69) is 11.9 Å². The van der Waals surface area contributed by atoms with E-state index in [0.29, 0.717) is 5.75 Å². The standard InChI is InChI=1S/C15H17NO2/c1-3-11-4-6-12(7-5-11)15(17)13-8-14(18-2)10-16-9-13/h4-10,15,17H,3H2,1-2H3. The van der Waals surface area contributed by atoms with Gasteiger partial charge >= 0.3 is 0 Å². The number of pyridine rings is 1. The van der Waals surface area contributed by atoms with Gasteiger partial charge in [-0.15, -0.1) is 0 Å². The van der Waals surface area contributed by atoms with Gasteiger partial charge in [-0.2, -0.15) is 0 Å². The van der Waals surface area contributed by atoms with E-state index in [9.17, 15) is 5.11 Å². The van der Waals surface area contributed by atoms with Crippen LogP contribution in [0.15, 0.2) is 42.7 Å². The molecule has 0 saturated heterocycles. The van der Waals surface area contributed by atoms with Gasteiger partial charge in [0, 0.05) is 11.8 Å². The Morgan fingerprint density at radius 2 is 1.89 bits per heavy atom. The average molecular weight is 243 g/mol. The number of aliphatic hydroxyl groups is 1. The Bertz CT molecular complexity index is 508. The minimum atomic E-state index is -0.668. The first-order valence-corrected chi connectivity index (χ1v) is 6.00. The summed E-state index contributed by atoms with van der Waals surface area (Å²) in [7, 11) is 1.59. The van der Waals surface area contributed by atoms with Crippen molar-refractivity contribution in [3.8, 4) is 5.75 Å². The lowest BCUT2D eigenvalue weighted by Gasteiger charge is -2.12. The summed E-state index contributed by atoms with van der Waals surface area (Å²) in [6, 6.07) is 9.76. The van der Waals surface area contributed by atoms with Crippen LogP contribution in [-0.2, 0) is 6.42 Å². The van der Waals surface area contributed by atoms with E-state index in [1.807, 2.05) is 24.3 Å². The van der Waals surface area contributed by atoms with Crippen LogP contribution in [0.3, 0.4) is 0 Å². The summed E-state index contributed by atoms with van der Waals surface area (Å²) < 4.78 is 5.10. The zero-order chi connectivity index (χ0) is 13.0. The normalized spacial score (nSPS) is 12.2. The van der Waals surface area contributed by atoms with Crippen LogP contribution in [0.2, 0.25) is 0 Å². The highest BCUT2D eigenvalue weighted by atomic mass is 16.5. The summed E-state index contributed by atoms with van der Waals surface area (Å²) in [5, 5.41) is 10.3. The molecule has 1 heterocycles. The fourth-order valence-electron chi connectivity index (χ4n) is 1.82. The first-order valence-electron chi connectivity index (χ1n) is 6.00. The van der Waals surface area contributed by atoms with Gasteiger partial charge in [-0.25, -0.2) is 0 Å². The number of aliphatic hydroxyl groups excluding tert-OH is 1. The molecule has 3 nitrogen and oxygen atoms in total. The molecule has 1 aromatic heterocycles. The first-order chi connectivity index (χ1) is 8.74. The summed E-state index contributed by atoms with van der Waals surface area (Å²) in [5.74, 6) is 0.650. The van der Waals surface area contributed by atoms with Crippen molar-refractivity contribution in [2.45, 2.75) is 19.4 Å². The van der Waals surface area contributed by atoms with Crippen molar-refractivity contribution in [3.63, 3.8) is 0 Å². The molecular weight excluding hydrogens is 226 g/mol. The van der Waals surface area contributed by atoms with E-state index in [1.54, 1.807) is 25.6 Å². The predicted molar refractivity (Wildman–Crippen MR) is 70.7 cm³/mol. The average Bonchev–Trinajstić information content (AvgIpc) is 2.46. The second-order valence-electron chi connectivity index (χ2n) is 4.16. The Balaban J connectivity index is 2.25. The zero-order valence-corrected chi connectivity index (χ0v) is 10.6. The molecule has 1 atom stereocenters. The Labute approximate surface area is 107 Å². The molecule has 3 heteroatoms. The lowest BCUT2D eigenvalue weighted by molar-refractivity contribution is 0.219. The van der Waals surface area contributed by atoms with Gasteiger partial charge in [-0.1, -0.05) is 31.2 Å². The maximum atomic E-state index is 10.3. The highest BCUT2D eigenvalue weighted by Gasteiger charge is 2.11. The van der Waals surface area contributed by atoms with E-state index < -0.39 is 6.10 Å². The van der Waals surface area contributed by atoms with Crippen LogP contribution in [0.25, 0.3) is 0 Å². The molecular formula is C15H17NO2. The van der Waals surface area contributed by atoms with Gasteiger partial charge in [0.1, 0.15) is 11.9 Å². The summed E-state index contributed by atoms with van der Waals surface area (Å²) in [4.78, 5) is 4.05. The molecule has 0 fully saturated rings. The summed E-state index contributed by atoms with van der Waals surface area (Å²) in [6.45, 7) is 2.11. The Hall–Kier alpha value is -1.87. The molecule has 0 saturated carbocycles. The minimum absolute atomic E-state index is 0.650. The molecule has 0 radical (unpaired) electrons. The Kier molecular flexibility index (Phi) is 3.95. The van der Waals surface area contributed by atoms with Crippen molar-refractivity contribution >= 4 is 0 Å². The van der Waals surface area contributed by atoms with Crippen LogP contribution in [0.4, 0.5) is 0 Å². The van der Waals surface area contributed by atoms with E-state index in [1.165, 1.54) is 5.56 Å². The maximum absolute atomic E-state index is 10.3. The molecule has 0 bridgehead atoms. The van der Waals surface area contributed by atoms with Crippen LogP contribution in [0.1, 0.15) is 29.7 Å². The number of hydrogen-bond acceptors (Lipinski definition) is 3. The summed E-state index contributed by atoms with van der Waals surface area (Å²) in [6.07, 6.45) is 3.60. The van der Waals surface area contributed by atoms with Crippen molar-refractivity contribution in [2.24, 2.45) is 0 Å². The molecule has 0 aliphatic rings. The van der Waals surface area contributed by atoms with E-state index >= 15 is 0 Å². The second-order valence-corrected chi connectivity index (χ2v) is 4.16. The third-order valence-corrected chi connectivity index (χ3v) is 2.99. The third kappa shape index (κ3) is 2.68. The fourth-order valence-corrected chi connectivity index (χ4v) is 1.82. The molecule has 2 aromatic rings. The number of ether oxygens (including phenoxy) is 1. The van der Waals surface area contributed by atoms with Crippen LogP contribution >= 0.6 is 0 Å². The number of benzene rings is 1. The number of hydrogen-bond donors (Lipinski definition) is 1. The lowest BCUT2D eigenvalue weighted by atomic mass is 10.0. The van der Waals surface area contributed by atoms with Crippen LogP contribution < -0.4 is 4.74 Å². The van der Waals surface area contributed by atoms with Gasteiger partial charge in [0.2, 0.25) is 0 Å². The summed E-state index contributed by atoms with van der Waals surface area (Å²) >= 11 is 0. The second kappa shape index (κ2) is 5.65. The highest BCUT2D eigenvalue weighted by molar-refractivity contribution is 5.33. The van der Waals surface area contributed by atoms with Crippen molar-refractivity contribution in [1.82, 2.24) is 4.98 Å². The molecule has 1 unspecified atom stereocenters. The molecule has 1 N–H and O–H groups in total. The van der Waals surface area contributed by atoms with Crippen molar-refractivity contribution in [1.29, 1.82) is 0 Å². The minimum Gasteiger partial charge on any atom is -0.495 e. The van der Waals surface area contributed by atoms with Gasteiger partial charge < -0.3 is 9.84 Å². The number of aromatic nitrogens is 1. The smallest absolute Gasteiger partial charge is 0.137 e. The molecule has 2 rings (SSSR count). The Morgan fingerprint density at radius 1 is 1.17 bits per heavy atom. The SMILES string of the molecule is CCc1ccc(C(O)c2cncc(OC)c2)cc1. The molecule has 18 heavy (non-hydrogen) atoms. The topological polar surface area (TPSA) is 42.4 Å². The summed E-state index contributed by atoms with van der Waals surface area (Å²) in [5.41, 5.74) is 2.86. The quantitative estimate of drug-likeness (QED) is 0.897. The predicted octanol–water partition coefficient (Wildman–Crippen LogP) is 2.73. The number of aryl methyl sites for hydroxylation is 1. The molecule has 94 valence electrons. The van der Waals surface area contributed by atoms with E-state index in [0.717, 1.165) is 17.5 Å². The van der Waals surface area contributed by atoms with Crippen molar-refractivity contribution in [3.05, 3.63) is 59.4 Å². The molecule has 0 aliphatic heterocycles. The number of methoxy groups -OCH3 is 1. The van der Waals surface area contributed by atoms with Gasteiger partial charge in [-0.3, -0.25) is 4.98 Å². The fraction of sp³-hybridized carbons (Fsp3) is 0.267. The van der Waals surface area contributed by atoms with Crippen LogP contribution in [0.5, 0.6) is 5.75 Å². The van der Waals surface area contributed by atoms with Crippen molar-refractivity contribution < 1.29 is 9.84 Å². The monoisotopic (exact) mass is 243 g/mol. The van der Waals surface area contributed by atoms with Gasteiger partial charge in [0.25, 0.3) is 0 Å². The maximum Gasteiger partial charge on any atom is 0.137 e. The van der Waals surface area contributed by atoms with Crippen LogP contribution in [0, 0.1) is 0 Å². The molecule has 0 aliphatic carbocycles. The van der Waals surface area contributed by atoms with Gasteiger partial charge in [0.15, 0.2) is 0 Å². The number of nitrogens with zero attached hydrogens (tertiary/aromatic N) is 1. The third-order valence-electron chi connectivity index (χ3n) is 2.99. The largest absolute Gasteiger partial charge is 0.495 e.